The number of amides is 1. The standard InChI is InChI=1S/C18H24N2O3/c1-19-8-3-6-15-12-20(9-7-16(15)19)17(21)11-13-4-2-5-14(10-13)18(22)23/h2,4-5,10,15-16H,3,6-9,11-12H2,1H3,(H,22,23). The molecule has 2 fully saturated rings. The molecule has 2 heterocycles. The average Bonchev–Trinajstić information content (AvgIpc) is 2.55. The zero-order chi connectivity index (χ0) is 16.4. The highest BCUT2D eigenvalue weighted by Crippen LogP contribution is 2.29. The second-order valence-electron chi connectivity index (χ2n) is 6.76. The molecule has 2 aliphatic rings. The van der Waals surface area contributed by atoms with Crippen molar-refractivity contribution < 1.29 is 14.7 Å². The Morgan fingerprint density at radius 1 is 1.26 bits per heavy atom. The molecule has 1 aromatic rings. The first-order valence-corrected chi connectivity index (χ1v) is 8.35. The summed E-state index contributed by atoms with van der Waals surface area (Å²) in [6.45, 7) is 2.81. The Hall–Kier alpha value is -1.88. The summed E-state index contributed by atoms with van der Waals surface area (Å²) >= 11 is 0. The molecule has 0 aliphatic carbocycles. The number of aromatic carboxylic acids is 1. The third-order valence-corrected chi connectivity index (χ3v) is 5.23. The number of rotatable bonds is 3. The Labute approximate surface area is 136 Å². The molecule has 1 amide bonds. The van der Waals surface area contributed by atoms with Gasteiger partial charge in [-0.05, 0) is 56.5 Å². The van der Waals surface area contributed by atoms with Crippen LogP contribution in [0.25, 0.3) is 0 Å². The maximum absolute atomic E-state index is 12.6. The zero-order valence-electron chi connectivity index (χ0n) is 13.6. The summed E-state index contributed by atoms with van der Waals surface area (Å²) in [5.41, 5.74) is 1.01. The average molecular weight is 316 g/mol. The van der Waals surface area contributed by atoms with Crippen LogP contribution in [0.5, 0.6) is 0 Å². The van der Waals surface area contributed by atoms with E-state index in [1.54, 1.807) is 18.2 Å². The number of benzene rings is 1. The van der Waals surface area contributed by atoms with E-state index in [-0.39, 0.29) is 17.9 Å². The lowest BCUT2D eigenvalue weighted by atomic mass is 9.84. The molecule has 3 rings (SSSR count). The molecule has 0 saturated carbocycles. The van der Waals surface area contributed by atoms with Gasteiger partial charge in [0.25, 0.3) is 0 Å². The van der Waals surface area contributed by atoms with Crippen LogP contribution in [0.3, 0.4) is 0 Å². The lowest BCUT2D eigenvalue weighted by Crippen LogP contribution is -2.54. The fourth-order valence-corrected chi connectivity index (χ4v) is 3.98. The van der Waals surface area contributed by atoms with Crippen molar-refractivity contribution in [2.24, 2.45) is 5.92 Å². The molecular weight excluding hydrogens is 292 g/mol. The van der Waals surface area contributed by atoms with Crippen molar-refractivity contribution in [3.8, 4) is 0 Å². The number of likely N-dealkylation sites (tertiary alicyclic amines) is 2. The second kappa shape index (κ2) is 6.71. The van der Waals surface area contributed by atoms with Gasteiger partial charge in [0, 0.05) is 19.1 Å². The van der Waals surface area contributed by atoms with Crippen molar-refractivity contribution in [2.45, 2.75) is 31.7 Å². The second-order valence-corrected chi connectivity index (χ2v) is 6.76. The third-order valence-electron chi connectivity index (χ3n) is 5.23. The van der Waals surface area contributed by atoms with E-state index in [2.05, 4.69) is 11.9 Å². The molecule has 0 aromatic heterocycles. The maximum Gasteiger partial charge on any atom is 0.335 e. The van der Waals surface area contributed by atoms with Crippen molar-refractivity contribution in [1.29, 1.82) is 0 Å². The predicted molar refractivity (Wildman–Crippen MR) is 87.4 cm³/mol. The molecule has 0 spiro atoms. The van der Waals surface area contributed by atoms with Crippen LogP contribution in [0, 0.1) is 5.92 Å². The smallest absolute Gasteiger partial charge is 0.335 e. The predicted octanol–water partition coefficient (Wildman–Crippen LogP) is 1.87. The van der Waals surface area contributed by atoms with E-state index in [0.29, 0.717) is 12.0 Å². The molecule has 124 valence electrons. The molecule has 1 aromatic carbocycles. The number of fused-ring (bicyclic) bond motifs is 1. The minimum atomic E-state index is -0.953. The van der Waals surface area contributed by atoms with Crippen LogP contribution in [0.4, 0.5) is 0 Å². The van der Waals surface area contributed by atoms with E-state index in [9.17, 15) is 9.59 Å². The molecule has 0 radical (unpaired) electrons. The number of carboxylic acid groups (broad SMARTS) is 1. The number of carbonyl (C=O) groups excluding carboxylic acids is 1. The zero-order valence-corrected chi connectivity index (χ0v) is 13.6. The first-order chi connectivity index (χ1) is 11.0. The van der Waals surface area contributed by atoms with E-state index >= 15 is 0 Å². The summed E-state index contributed by atoms with van der Waals surface area (Å²) in [6, 6.07) is 7.30. The minimum absolute atomic E-state index is 0.110. The quantitative estimate of drug-likeness (QED) is 0.925. The van der Waals surface area contributed by atoms with Crippen molar-refractivity contribution in [1.82, 2.24) is 9.80 Å². The van der Waals surface area contributed by atoms with Gasteiger partial charge in [0.05, 0.1) is 12.0 Å². The molecule has 2 aliphatic heterocycles. The lowest BCUT2D eigenvalue weighted by Gasteiger charge is -2.46. The van der Waals surface area contributed by atoms with Gasteiger partial charge < -0.3 is 14.9 Å². The number of hydrogen-bond acceptors (Lipinski definition) is 3. The number of hydrogen-bond donors (Lipinski definition) is 1. The number of carbonyl (C=O) groups is 2. The largest absolute Gasteiger partial charge is 0.478 e. The Kier molecular flexibility index (Phi) is 4.66. The molecule has 0 bridgehead atoms. The van der Waals surface area contributed by atoms with Gasteiger partial charge in [-0.3, -0.25) is 4.79 Å². The molecule has 2 saturated heterocycles. The monoisotopic (exact) mass is 316 g/mol. The molecule has 2 unspecified atom stereocenters. The summed E-state index contributed by atoms with van der Waals surface area (Å²) in [7, 11) is 2.19. The Bertz CT molecular complexity index is 602. The van der Waals surface area contributed by atoms with Gasteiger partial charge in [-0.15, -0.1) is 0 Å². The van der Waals surface area contributed by atoms with Crippen molar-refractivity contribution in [3.05, 3.63) is 35.4 Å². The molecule has 2 atom stereocenters. The van der Waals surface area contributed by atoms with Gasteiger partial charge in [-0.2, -0.15) is 0 Å². The van der Waals surface area contributed by atoms with Gasteiger partial charge >= 0.3 is 5.97 Å². The normalized spacial score (nSPS) is 25.0. The highest BCUT2D eigenvalue weighted by Gasteiger charge is 2.35. The van der Waals surface area contributed by atoms with Crippen LogP contribution in [-0.2, 0) is 11.2 Å². The Morgan fingerprint density at radius 2 is 2.09 bits per heavy atom. The van der Waals surface area contributed by atoms with Gasteiger partial charge in [-0.1, -0.05) is 12.1 Å². The highest BCUT2D eigenvalue weighted by atomic mass is 16.4. The summed E-state index contributed by atoms with van der Waals surface area (Å²) in [5.74, 6) is -0.263. The van der Waals surface area contributed by atoms with E-state index < -0.39 is 5.97 Å². The molecule has 5 heteroatoms. The van der Waals surface area contributed by atoms with Crippen LogP contribution in [0.2, 0.25) is 0 Å². The number of carboxylic acids is 1. The summed E-state index contributed by atoms with van der Waals surface area (Å²) in [4.78, 5) is 28.0. The molecule has 5 nitrogen and oxygen atoms in total. The molecule has 1 N–H and O–H groups in total. The fourth-order valence-electron chi connectivity index (χ4n) is 3.98. The van der Waals surface area contributed by atoms with E-state index in [4.69, 9.17) is 5.11 Å². The number of piperidine rings is 2. The minimum Gasteiger partial charge on any atom is -0.478 e. The van der Waals surface area contributed by atoms with Gasteiger partial charge in [0.1, 0.15) is 0 Å². The SMILES string of the molecule is CN1CCCC2CN(C(=O)Cc3cccc(C(=O)O)c3)CCC21. The van der Waals surface area contributed by atoms with Gasteiger partial charge in [0.2, 0.25) is 5.91 Å². The fraction of sp³-hybridized carbons (Fsp3) is 0.556. The first kappa shape index (κ1) is 16.0. The van der Waals surface area contributed by atoms with E-state index in [0.717, 1.165) is 31.6 Å². The molecular formula is C18H24N2O3. The van der Waals surface area contributed by atoms with Crippen LogP contribution in [-0.4, -0.2) is 59.5 Å². The Morgan fingerprint density at radius 3 is 2.87 bits per heavy atom. The lowest BCUT2D eigenvalue weighted by molar-refractivity contribution is -0.134. The summed E-state index contributed by atoms with van der Waals surface area (Å²) in [6.07, 6.45) is 3.74. The van der Waals surface area contributed by atoms with E-state index in [1.807, 2.05) is 11.0 Å². The summed E-state index contributed by atoms with van der Waals surface area (Å²) in [5, 5.41) is 9.05. The number of nitrogens with zero attached hydrogens (tertiary/aromatic N) is 2. The van der Waals surface area contributed by atoms with Gasteiger partial charge in [-0.25, -0.2) is 4.79 Å². The highest BCUT2D eigenvalue weighted by molar-refractivity contribution is 5.88. The van der Waals surface area contributed by atoms with Crippen LogP contribution < -0.4 is 0 Å². The van der Waals surface area contributed by atoms with Crippen molar-refractivity contribution in [2.75, 3.05) is 26.7 Å². The summed E-state index contributed by atoms with van der Waals surface area (Å²) < 4.78 is 0. The maximum atomic E-state index is 12.6. The van der Waals surface area contributed by atoms with Gasteiger partial charge in [0.15, 0.2) is 0 Å². The third kappa shape index (κ3) is 3.55. The molecule has 23 heavy (non-hydrogen) atoms. The van der Waals surface area contributed by atoms with E-state index in [1.165, 1.54) is 12.8 Å². The van der Waals surface area contributed by atoms with Crippen LogP contribution in [0.15, 0.2) is 24.3 Å². The topological polar surface area (TPSA) is 60.9 Å². The van der Waals surface area contributed by atoms with Crippen LogP contribution >= 0.6 is 0 Å². The first-order valence-electron chi connectivity index (χ1n) is 8.35. The Balaban J connectivity index is 1.63. The van der Waals surface area contributed by atoms with Crippen molar-refractivity contribution in [3.63, 3.8) is 0 Å². The van der Waals surface area contributed by atoms with Crippen LogP contribution in [0.1, 0.15) is 35.2 Å². The van der Waals surface area contributed by atoms with Crippen molar-refractivity contribution >= 4 is 11.9 Å².